The fourth-order valence-corrected chi connectivity index (χ4v) is 6.02. The third kappa shape index (κ3) is 3.44. The van der Waals surface area contributed by atoms with E-state index >= 15 is 0 Å². The highest BCUT2D eigenvalue weighted by atomic mass is 32.1. The van der Waals surface area contributed by atoms with Crippen LogP contribution >= 0.6 is 11.3 Å². The molecule has 0 N–H and O–H groups in total. The van der Waals surface area contributed by atoms with Gasteiger partial charge >= 0.3 is 0 Å². The highest BCUT2D eigenvalue weighted by Gasteiger charge is 2.32. The molecule has 2 aliphatic rings. The van der Waals surface area contributed by atoms with Gasteiger partial charge in [0.2, 0.25) is 0 Å². The number of allylic oxidation sites excluding steroid dienone is 1. The van der Waals surface area contributed by atoms with Crippen molar-refractivity contribution in [3.63, 3.8) is 0 Å². The van der Waals surface area contributed by atoms with E-state index in [1.165, 1.54) is 33.6 Å². The van der Waals surface area contributed by atoms with Crippen LogP contribution in [0.4, 0.5) is 0 Å². The molecule has 0 unspecified atom stereocenters. The molecule has 1 aromatic heterocycles. The van der Waals surface area contributed by atoms with Gasteiger partial charge in [-0.15, -0.1) is 0 Å². The van der Waals surface area contributed by atoms with E-state index in [2.05, 4.69) is 55.5 Å². The average molecular weight is 465 g/mol. The number of aromatic nitrogens is 1. The Balaban J connectivity index is 1.61. The normalized spacial score (nSPS) is 17.0. The molecule has 34 heavy (non-hydrogen) atoms. The standard InChI is InChI=1S/C29H24N2O2S/c1-18-6-5-7-19(16-18)17-25-28(32)31-27(21-10-13-22(33-2)14-11-21)24-15-12-20-8-3-4-9-23(20)26(24)30-29(31)34-25/h3-11,13-14,16-17,27H,12,15H2,1-2H3/b25-17-/t27-/m0/s1. The number of nitrogens with zero attached hydrogens (tertiary/aromatic N) is 2. The van der Waals surface area contributed by atoms with E-state index in [1.807, 2.05) is 34.9 Å². The molecule has 0 saturated carbocycles. The molecule has 1 aliphatic carbocycles. The fourth-order valence-electron chi connectivity index (χ4n) is 5.02. The molecule has 1 atom stereocenters. The molecule has 0 spiro atoms. The SMILES string of the molecule is COc1ccc([C@H]2C3=C(N=c4s/c(=C\c5cccc(C)c5)c(=O)n42)c2ccccc2CC3)cc1. The van der Waals surface area contributed by atoms with Gasteiger partial charge in [0.1, 0.15) is 5.75 Å². The summed E-state index contributed by atoms with van der Waals surface area (Å²) in [4.78, 5) is 19.6. The Morgan fingerprint density at radius 1 is 1.03 bits per heavy atom. The lowest BCUT2D eigenvalue weighted by atomic mass is 9.83. The highest BCUT2D eigenvalue weighted by molar-refractivity contribution is 7.07. The summed E-state index contributed by atoms with van der Waals surface area (Å²) in [6, 6.07) is 24.6. The molecular formula is C29H24N2O2S. The van der Waals surface area contributed by atoms with E-state index in [-0.39, 0.29) is 11.6 Å². The summed E-state index contributed by atoms with van der Waals surface area (Å²) < 4.78 is 7.98. The second kappa shape index (κ2) is 8.26. The molecule has 0 saturated heterocycles. The lowest BCUT2D eigenvalue weighted by Crippen LogP contribution is -2.38. The van der Waals surface area contributed by atoms with Gasteiger partial charge in [0, 0.05) is 5.56 Å². The molecular weight excluding hydrogens is 440 g/mol. The van der Waals surface area contributed by atoms with Gasteiger partial charge in [0.25, 0.3) is 5.56 Å². The van der Waals surface area contributed by atoms with Gasteiger partial charge in [-0.1, -0.05) is 77.6 Å². The Bertz CT molecular complexity index is 1620. The monoisotopic (exact) mass is 464 g/mol. The first-order valence-electron chi connectivity index (χ1n) is 11.5. The van der Waals surface area contributed by atoms with Crippen molar-refractivity contribution in [3.8, 4) is 5.75 Å². The number of methoxy groups -OCH3 is 1. The summed E-state index contributed by atoms with van der Waals surface area (Å²) >= 11 is 1.47. The molecule has 5 heteroatoms. The van der Waals surface area contributed by atoms with E-state index in [1.54, 1.807) is 7.11 Å². The number of benzene rings is 3. The predicted octanol–water partition coefficient (Wildman–Crippen LogP) is 4.64. The Labute approximate surface area is 201 Å². The molecule has 1 aliphatic heterocycles. The number of hydrogen-bond donors (Lipinski definition) is 0. The van der Waals surface area contributed by atoms with Crippen molar-refractivity contribution >= 4 is 23.1 Å². The molecule has 0 radical (unpaired) electrons. The fraction of sp³-hybridized carbons (Fsp3) is 0.172. The highest BCUT2D eigenvalue weighted by Crippen LogP contribution is 2.41. The van der Waals surface area contributed by atoms with Crippen LogP contribution in [0.15, 0.2) is 88.2 Å². The molecule has 168 valence electrons. The topological polar surface area (TPSA) is 43.6 Å². The largest absolute Gasteiger partial charge is 0.497 e. The van der Waals surface area contributed by atoms with Gasteiger partial charge in [0.15, 0.2) is 4.80 Å². The minimum absolute atomic E-state index is 0.0106. The molecule has 2 heterocycles. The first-order chi connectivity index (χ1) is 16.6. The van der Waals surface area contributed by atoms with E-state index in [9.17, 15) is 4.79 Å². The maximum atomic E-state index is 13.8. The van der Waals surface area contributed by atoms with Crippen molar-refractivity contribution in [3.05, 3.63) is 126 Å². The summed E-state index contributed by atoms with van der Waals surface area (Å²) in [6.45, 7) is 2.06. The lowest BCUT2D eigenvalue weighted by Gasteiger charge is -2.30. The lowest BCUT2D eigenvalue weighted by molar-refractivity contribution is 0.414. The van der Waals surface area contributed by atoms with Crippen molar-refractivity contribution < 1.29 is 4.74 Å². The molecule has 3 aromatic carbocycles. The molecule has 4 nitrogen and oxygen atoms in total. The van der Waals surface area contributed by atoms with Crippen molar-refractivity contribution in [1.29, 1.82) is 0 Å². The van der Waals surface area contributed by atoms with E-state index in [0.717, 1.165) is 40.2 Å². The number of aryl methyl sites for hydroxylation is 2. The van der Waals surface area contributed by atoms with Gasteiger partial charge in [0.05, 0.1) is 23.4 Å². The van der Waals surface area contributed by atoms with E-state index < -0.39 is 0 Å². The van der Waals surface area contributed by atoms with Gasteiger partial charge in [-0.25, -0.2) is 4.99 Å². The van der Waals surface area contributed by atoms with Crippen molar-refractivity contribution in [2.24, 2.45) is 4.99 Å². The minimum atomic E-state index is -0.176. The van der Waals surface area contributed by atoms with Gasteiger partial charge in [-0.3, -0.25) is 9.36 Å². The second-order valence-corrected chi connectivity index (χ2v) is 9.81. The van der Waals surface area contributed by atoms with Crippen LogP contribution in [0.25, 0.3) is 11.8 Å². The number of hydrogen-bond acceptors (Lipinski definition) is 4. The number of fused-ring (bicyclic) bond motifs is 3. The molecule has 0 fully saturated rings. The zero-order valence-electron chi connectivity index (χ0n) is 19.1. The zero-order chi connectivity index (χ0) is 23.2. The number of rotatable bonds is 3. The van der Waals surface area contributed by atoms with E-state index in [0.29, 0.717) is 4.53 Å². The smallest absolute Gasteiger partial charge is 0.271 e. The van der Waals surface area contributed by atoms with Crippen LogP contribution in [0.1, 0.15) is 40.3 Å². The summed E-state index contributed by atoms with van der Waals surface area (Å²) in [7, 11) is 1.67. The van der Waals surface area contributed by atoms with Crippen molar-refractivity contribution in [2.45, 2.75) is 25.8 Å². The van der Waals surface area contributed by atoms with Crippen molar-refractivity contribution in [1.82, 2.24) is 4.57 Å². The maximum Gasteiger partial charge on any atom is 0.271 e. The predicted molar refractivity (Wildman–Crippen MR) is 137 cm³/mol. The van der Waals surface area contributed by atoms with Crippen LogP contribution in [-0.4, -0.2) is 11.7 Å². The first-order valence-corrected chi connectivity index (χ1v) is 12.3. The minimum Gasteiger partial charge on any atom is -0.497 e. The summed E-state index contributed by atoms with van der Waals surface area (Å²) in [6.07, 6.45) is 3.82. The van der Waals surface area contributed by atoms with Crippen molar-refractivity contribution in [2.75, 3.05) is 7.11 Å². The summed E-state index contributed by atoms with van der Waals surface area (Å²) in [5.41, 5.74) is 8.01. The maximum absolute atomic E-state index is 13.8. The van der Waals surface area contributed by atoms with Gasteiger partial charge < -0.3 is 4.74 Å². The summed E-state index contributed by atoms with van der Waals surface area (Å²) in [5.74, 6) is 0.804. The number of ether oxygens (including phenoxy) is 1. The average Bonchev–Trinajstić information content (AvgIpc) is 3.17. The van der Waals surface area contributed by atoms with Crippen LogP contribution in [0, 0.1) is 6.92 Å². The third-order valence-electron chi connectivity index (χ3n) is 6.64. The Kier molecular flexibility index (Phi) is 5.07. The molecule has 6 rings (SSSR count). The Morgan fingerprint density at radius 2 is 1.85 bits per heavy atom. The molecule has 0 amide bonds. The van der Waals surface area contributed by atoms with Crippen LogP contribution in [0.5, 0.6) is 5.75 Å². The molecule has 0 bridgehead atoms. The van der Waals surface area contributed by atoms with Crippen LogP contribution < -0.4 is 19.6 Å². The van der Waals surface area contributed by atoms with E-state index in [4.69, 9.17) is 9.73 Å². The first kappa shape index (κ1) is 20.9. The van der Waals surface area contributed by atoms with Crippen LogP contribution in [0.2, 0.25) is 0 Å². The quantitative estimate of drug-likeness (QED) is 0.444. The van der Waals surface area contributed by atoms with Crippen LogP contribution in [-0.2, 0) is 6.42 Å². The zero-order valence-corrected chi connectivity index (χ0v) is 19.9. The second-order valence-electron chi connectivity index (χ2n) is 8.80. The van der Waals surface area contributed by atoms with Gasteiger partial charge in [-0.2, -0.15) is 0 Å². The number of thiazole rings is 1. The molecule has 4 aromatic rings. The summed E-state index contributed by atoms with van der Waals surface area (Å²) in [5, 5.41) is 0. The van der Waals surface area contributed by atoms with Gasteiger partial charge in [-0.05, 0) is 60.2 Å². The third-order valence-corrected chi connectivity index (χ3v) is 7.63. The Hall–Kier alpha value is -3.70. The Morgan fingerprint density at radius 3 is 2.65 bits per heavy atom. The van der Waals surface area contributed by atoms with Crippen LogP contribution in [0.3, 0.4) is 0 Å².